The smallest absolute Gasteiger partial charge is 0.306 e. The van der Waals surface area contributed by atoms with E-state index in [1.165, 1.54) is 6.07 Å². The molecule has 5 rings (SSSR count). The fourth-order valence-electron chi connectivity index (χ4n) is 6.96. The highest BCUT2D eigenvalue weighted by Gasteiger charge is 2.57. The lowest BCUT2D eigenvalue weighted by Crippen LogP contribution is -2.53. The molecule has 9 heteroatoms. The topological polar surface area (TPSA) is 73.3 Å². The van der Waals surface area contributed by atoms with Gasteiger partial charge in [0.1, 0.15) is 11.6 Å². The van der Waals surface area contributed by atoms with Crippen molar-refractivity contribution in [2.45, 2.75) is 69.5 Å². The van der Waals surface area contributed by atoms with Crippen LogP contribution in [0.5, 0.6) is 5.75 Å². The number of hydrogen-bond acceptors (Lipinski definition) is 5. The van der Waals surface area contributed by atoms with Gasteiger partial charge in [-0.05, 0) is 82.2 Å². The second-order valence-corrected chi connectivity index (χ2v) is 13.1. The highest BCUT2D eigenvalue weighted by molar-refractivity contribution is 5.87. The average molecular weight is 584 g/mol. The second kappa shape index (κ2) is 11.8. The molecule has 0 saturated carbocycles. The molecule has 42 heavy (non-hydrogen) atoms. The largest absolute Gasteiger partial charge is 0.497 e. The molecule has 3 heterocycles. The number of nitrogens with zero attached hydrogens (tertiary/aromatic N) is 3. The minimum absolute atomic E-state index is 0.0235. The van der Waals surface area contributed by atoms with E-state index in [4.69, 9.17) is 4.74 Å². The number of ether oxygens (including phenoxy) is 1. The van der Waals surface area contributed by atoms with Crippen LogP contribution in [-0.2, 0) is 9.59 Å². The van der Waals surface area contributed by atoms with Gasteiger partial charge in [-0.3, -0.25) is 14.5 Å². The van der Waals surface area contributed by atoms with Crippen LogP contribution in [0.15, 0.2) is 42.5 Å². The van der Waals surface area contributed by atoms with Gasteiger partial charge in [-0.25, -0.2) is 8.78 Å². The van der Waals surface area contributed by atoms with Gasteiger partial charge in [-0.1, -0.05) is 18.2 Å². The molecule has 0 aliphatic carbocycles. The summed E-state index contributed by atoms with van der Waals surface area (Å²) in [6.07, 6.45) is 2.13. The molecular weight excluding hydrogens is 540 g/mol. The van der Waals surface area contributed by atoms with Gasteiger partial charge < -0.3 is 19.6 Å². The van der Waals surface area contributed by atoms with Crippen LogP contribution in [0.1, 0.15) is 69.4 Å². The molecule has 3 fully saturated rings. The highest BCUT2D eigenvalue weighted by atomic mass is 19.1. The van der Waals surface area contributed by atoms with Crippen molar-refractivity contribution in [3.8, 4) is 5.75 Å². The van der Waals surface area contributed by atoms with Crippen LogP contribution < -0.4 is 9.64 Å². The van der Waals surface area contributed by atoms with Gasteiger partial charge in [0.2, 0.25) is 5.67 Å². The first-order valence-electron chi connectivity index (χ1n) is 15.1. The quantitative estimate of drug-likeness (QED) is 0.488. The van der Waals surface area contributed by atoms with E-state index in [9.17, 15) is 14.7 Å². The van der Waals surface area contributed by atoms with Crippen molar-refractivity contribution in [3.05, 3.63) is 59.4 Å². The molecule has 0 bridgehead atoms. The number of likely N-dealkylation sites (tertiary alicyclic amines) is 2. The SMILES string of the molecule is COc1ccc([C@@H]2CN(C(C)(C)C)C[C@@]2(F)C(=O)N2CCC(c3c(F)cccc3N3CCC(C(=O)O)CC3)CC2)cc1. The minimum Gasteiger partial charge on any atom is -0.497 e. The van der Waals surface area contributed by atoms with Gasteiger partial charge in [-0.2, -0.15) is 0 Å². The molecule has 0 spiro atoms. The van der Waals surface area contributed by atoms with Gasteiger partial charge >= 0.3 is 5.97 Å². The monoisotopic (exact) mass is 583 g/mol. The zero-order valence-electron chi connectivity index (χ0n) is 25.1. The van der Waals surface area contributed by atoms with Crippen LogP contribution in [0, 0.1) is 11.7 Å². The third-order valence-electron chi connectivity index (χ3n) is 9.60. The molecule has 1 amide bonds. The van der Waals surface area contributed by atoms with Gasteiger partial charge in [0, 0.05) is 62.0 Å². The third kappa shape index (κ3) is 5.85. The van der Waals surface area contributed by atoms with E-state index < -0.39 is 23.5 Å². The van der Waals surface area contributed by atoms with Crippen molar-refractivity contribution in [2.75, 3.05) is 51.3 Å². The van der Waals surface area contributed by atoms with Crippen molar-refractivity contribution < 1.29 is 28.2 Å². The molecule has 3 aliphatic heterocycles. The summed E-state index contributed by atoms with van der Waals surface area (Å²) in [7, 11) is 1.59. The summed E-state index contributed by atoms with van der Waals surface area (Å²) in [5.74, 6) is -1.95. The maximum atomic E-state index is 17.1. The molecule has 7 nitrogen and oxygen atoms in total. The molecule has 228 valence electrons. The Morgan fingerprint density at radius 3 is 2.19 bits per heavy atom. The number of benzene rings is 2. The summed E-state index contributed by atoms with van der Waals surface area (Å²) in [5.41, 5.74) is -0.167. The number of hydrogen-bond donors (Lipinski definition) is 1. The molecular formula is C33H43F2N3O4. The van der Waals surface area contributed by atoms with Crippen LogP contribution in [0.4, 0.5) is 14.5 Å². The van der Waals surface area contributed by atoms with Crippen molar-refractivity contribution in [1.29, 1.82) is 0 Å². The molecule has 2 aromatic carbocycles. The van der Waals surface area contributed by atoms with Gasteiger partial charge in [-0.15, -0.1) is 0 Å². The Hall–Kier alpha value is -3.20. The lowest BCUT2D eigenvalue weighted by Gasteiger charge is -2.39. The number of piperidine rings is 2. The van der Waals surface area contributed by atoms with Crippen molar-refractivity contribution >= 4 is 17.6 Å². The number of methoxy groups -OCH3 is 1. The van der Waals surface area contributed by atoms with E-state index in [-0.39, 0.29) is 29.7 Å². The fraction of sp³-hybridized carbons (Fsp3) is 0.576. The van der Waals surface area contributed by atoms with Crippen molar-refractivity contribution in [1.82, 2.24) is 9.80 Å². The standard InChI is InChI=1S/C33H43F2N3O4/c1-32(2,3)38-20-26(22-8-10-25(42-4)11-9-22)33(35,21-38)31(41)37-18-12-23(13-19-37)29-27(34)6-5-7-28(29)36-16-14-24(15-17-36)30(39)40/h5-11,23-24,26H,12-21H2,1-4H3,(H,39,40)/t26-,33-/m0/s1. The van der Waals surface area contributed by atoms with Crippen molar-refractivity contribution in [3.63, 3.8) is 0 Å². The summed E-state index contributed by atoms with van der Waals surface area (Å²) in [6, 6.07) is 12.4. The Morgan fingerprint density at radius 2 is 1.62 bits per heavy atom. The third-order valence-corrected chi connectivity index (χ3v) is 9.60. The second-order valence-electron chi connectivity index (χ2n) is 13.1. The van der Waals surface area contributed by atoms with Crippen molar-refractivity contribution in [2.24, 2.45) is 5.92 Å². The summed E-state index contributed by atoms with van der Waals surface area (Å²) in [4.78, 5) is 31.2. The van der Waals surface area contributed by atoms with Crippen LogP contribution >= 0.6 is 0 Å². The molecule has 0 aromatic heterocycles. The van der Waals surface area contributed by atoms with Crippen LogP contribution in [0.3, 0.4) is 0 Å². The first kappa shape index (κ1) is 30.3. The van der Waals surface area contributed by atoms with Crippen LogP contribution in [0.2, 0.25) is 0 Å². The predicted molar refractivity (Wildman–Crippen MR) is 158 cm³/mol. The number of carbonyl (C=O) groups excluding carboxylic acids is 1. The number of rotatable bonds is 6. The maximum absolute atomic E-state index is 17.1. The van der Waals surface area contributed by atoms with E-state index in [0.717, 1.165) is 11.3 Å². The zero-order valence-corrected chi connectivity index (χ0v) is 25.1. The van der Waals surface area contributed by atoms with Crippen LogP contribution in [0.25, 0.3) is 0 Å². The molecule has 0 radical (unpaired) electrons. The first-order valence-corrected chi connectivity index (χ1v) is 15.1. The number of halogens is 2. The normalized spacial score (nSPS) is 24.7. The number of aliphatic carboxylic acids is 1. The van der Waals surface area contributed by atoms with E-state index in [0.29, 0.717) is 69.7 Å². The van der Waals surface area contributed by atoms with Gasteiger partial charge in [0.05, 0.1) is 13.0 Å². The van der Waals surface area contributed by atoms with E-state index in [1.807, 2.05) is 56.0 Å². The maximum Gasteiger partial charge on any atom is 0.306 e. The Labute approximate surface area is 247 Å². The van der Waals surface area contributed by atoms with E-state index in [1.54, 1.807) is 18.1 Å². The molecule has 3 aliphatic rings. The lowest BCUT2D eigenvalue weighted by atomic mass is 9.83. The molecule has 0 unspecified atom stereocenters. The minimum atomic E-state index is -2.08. The Morgan fingerprint density at radius 1 is 0.976 bits per heavy atom. The Bertz CT molecular complexity index is 1280. The average Bonchev–Trinajstić information content (AvgIpc) is 3.36. The molecule has 2 atom stereocenters. The van der Waals surface area contributed by atoms with E-state index in [2.05, 4.69) is 4.90 Å². The highest BCUT2D eigenvalue weighted by Crippen LogP contribution is 2.45. The van der Waals surface area contributed by atoms with Crippen LogP contribution in [-0.4, -0.2) is 84.4 Å². The van der Waals surface area contributed by atoms with E-state index >= 15 is 8.78 Å². The first-order chi connectivity index (χ1) is 19.9. The number of carbonyl (C=O) groups is 2. The molecule has 1 N–H and O–H groups in total. The summed E-state index contributed by atoms with van der Waals surface area (Å²) >= 11 is 0. The molecule has 2 aromatic rings. The zero-order chi connectivity index (χ0) is 30.2. The number of carboxylic acid groups (broad SMARTS) is 1. The lowest BCUT2D eigenvalue weighted by molar-refractivity contribution is -0.145. The number of alkyl halides is 1. The summed E-state index contributed by atoms with van der Waals surface area (Å²) in [5, 5.41) is 9.38. The molecule has 3 saturated heterocycles. The Kier molecular flexibility index (Phi) is 8.52. The van der Waals surface area contributed by atoms with Gasteiger partial charge in [0.15, 0.2) is 0 Å². The Balaban J connectivity index is 1.32. The summed E-state index contributed by atoms with van der Waals surface area (Å²) < 4.78 is 37.7. The number of anilines is 1. The van der Waals surface area contributed by atoms with Gasteiger partial charge in [0.25, 0.3) is 5.91 Å². The summed E-state index contributed by atoms with van der Waals surface area (Å²) in [6.45, 7) is 8.41. The predicted octanol–water partition coefficient (Wildman–Crippen LogP) is 5.45. The number of amides is 1. The number of carboxylic acids is 1. The fourth-order valence-corrected chi connectivity index (χ4v) is 6.96.